The van der Waals surface area contributed by atoms with E-state index in [1.807, 2.05) is 0 Å². The minimum absolute atomic E-state index is 0.148. The lowest BCUT2D eigenvalue weighted by molar-refractivity contribution is -0.0458. The summed E-state index contributed by atoms with van der Waals surface area (Å²) in [6.07, 6.45) is 0.523. The molecular weight excluding hydrogens is 280 g/mol. The molecule has 112 valence electrons. The average molecular weight is 294 g/mol. The number of H-pyrrole nitrogens is 1. The van der Waals surface area contributed by atoms with Gasteiger partial charge in [-0.05, 0) is 12.1 Å². The molecule has 3 atom stereocenters. The molecule has 8 heteroatoms. The van der Waals surface area contributed by atoms with Crippen LogP contribution in [-0.4, -0.2) is 38.6 Å². The molecule has 0 bridgehead atoms. The van der Waals surface area contributed by atoms with E-state index in [4.69, 9.17) is 14.3 Å². The molecule has 0 radical (unpaired) electrons. The highest BCUT2D eigenvalue weighted by atomic mass is 16.5. The number of nitrogens with one attached hydrogen (secondary N) is 1. The standard InChI is InChI=1S/C13H14N2O6/c16-6-10-8(17)4-11(21-10)15-5-7(9-2-1-3-20-9)12(18)14-13(15)19/h1-3,5,8,10-11,16-17H,4,6H2,(H,14,18,19)/t8?,10-,11-/m1/s1. The second kappa shape index (κ2) is 5.32. The fourth-order valence-corrected chi connectivity index (χ4v) is 2.36. The lowest BCUT2D eigenvalue weighted by Gasteiger charge is -2.14. The summed E-state index contributed by atoms with van der Waals surface area (Å²) in [5, 5.41) is 18.8. The highest BCUT2D eigenvalue weighted by Crippen LogP contribution is 2.28. The van der Waals surface area contributed by atoms with Gasteiger partial charge in [0, 0.05) is 12.6 Å². The average Bonchev–Trinajstić information content (AvgIpc) is 3.08. The van der Waals surface area contributed by atoms with Crippen LogP contribution in [0.15, 0.2) is 38.6 Å². The molecule has 1 saturated heterocycles. The molecule has 2 aromatic heterocycles. The van der Waals surface area contributed by atoms with Crippen molar-refractivity contribution in [1.29, 1.82) is 0 Å². The highest BCUT2D eigenvalue weighted by molar-refractivity contribution is 5.54. The molecule has 21 heavy (non-hydrogen) atoms. The van der Waals surface area contributed by atoms with Crippen LogP contribution in [0.25, 0.3) is 11.3 Å². The molecular formula is C13H14N2O6. The molecule has 0 spiro atoms. The maximum absolute atomic E-state index is 11.9. The Hall–Kier alpha value is -2.16. The van der Waals surface area contributed by atoms with Crippen LogP contribution < -0.4 is 11.2 Å². The number of hydrogen-bond donors (Lipinski definition) is 3. The smallest absolute Gasteiger partial charge is 0.330 e. The Kier molecular flexibility index (Phi) is 3.50. The van der Waals surface area contributed by atoms with Gasteiger partial charge in [-0.3, -0.25) is 14.3 Å². The predicted octanol–water partition coefficient (Wildman–Crippen LogP) is -0.563. The van der Waals surface area contributed by atoms with Crippen LogP contribution in [0.3, 0.4) is 0 Å². The number of nitrogens with zero attached hydrogens (tertiary/aromatic N) is 1. The van der Waals surface area contributed by atoms with Crippen molar-refractivity contribution in [2.45, 2.75) is 24.9 Å². The zero-order valence-corrected chi connectivity index (χ0v) is 10.9. The van der Waals surface area contributed by atoms with Crippen molar-refractivity contribution >= 4 is 0 Å². The molecule has 0 aliphatic carbocycles. The van der Waals surface area contributed by atoms with E-state index >= 15 is 0 Å². The third kappa shape index (κ3) is 2.44. The van der Waals surface area contributed by atoms with Crippen molar-refractivity contribution in [2.24, 2.45) is 0 Å². The summed E-state index contributed by atoms with van der Waals surface area (Å²) in [5.41, 5.74) is -1.03. The molecule has 3 N–H and O–H groups in total. The summed E-state index contributed by atoms with van der Waals surface area (Å²) in [6.45, 7) is -0.346. The molecule has 0 aromatic carbocycles. The first-order valence-corrected chi connectivity index (χ1v) is 6.44. The zero-order valence-electron chi connectivity index (χ0n) is 10.9. The van der Waals surface area contributed by atoms with E-state index in [-0.39, 0.29) is 18.6 Å². The van der Waals surface area contributed by atoms with Crippen LogP contribution in [0, 0.1) is 0 Å². The van der Waals surface area contributed by atoms with Gasteiger partial charge in [-0.2, -0.15) is 0 Å². The molecule has 3 heterocycles. The number of rotatable bonds is 3. The zero-order chi connectivity index (χ0) is 15.0. The number of aliphatic hydroxyl groups is 2. The van der Waals surface area contributed by atoms with Gasteiger partial charge >= 0.3 is 5.69 Å². The fraction of sp³-hybridized carbons (Fsp3) is 0.385. The van der Waals surface area contributed by atoms with Crippen LogP contribution in [0.2, 0.25) is 0 Å². The topological polar surface area (TPSA) is 118 Å². The van der Waals surface area contributed by atoms with Crippen LogP contribution in [0.1, 0.15) is 12.6 Å². The van der Waals surface area contributed by atoms with Crippen LogP contribution in [0.4, 0.5) is 0 Å². The van der Waals surface area contributed by atoms with E-state index in [1.54, 1.807) is 12.1 Å². The van der Waals surface area contributed by atoms with E-state index in [0.29, 0.717) is 5.76 Å². The number of aliphatic hydroxyl groups excluding tert-OH is 2. The maximum Gasteiger partial charge on any atom is 0.330 e. The Bertz CT molecular complexity index is 732. The van der Waals surface area contributed by atoms with Crippen molar-refractivity contribution in [3.05, 3.63) is 45.4 Å². The molecule has 1 fully saturated rings. The molecule has 1 unspecified atom stereocenters. The van der Waals surface area contributed by atoms with Crippen LogP contribution >= 0.6 is 0 Å². The number of aromatic amines is 1. The van der Waals surface area contributed by atoms with Crippen molar-refractivity contribution in [2.75, 3.05) is 6.61 Å². The minimum Gasteiger partial charge on any atom is -0.464 e. The van der Waals surface area contributed by atoms with Gasteiger partial charge < -0.3 is 19.4 Å². The largest absolute Gasteiger partial charge is 0.464 e. The first-order valence-electron chi connectivity index (χ1n) is 6.44. The van der Waals surface area contributed by atoms with Gasteiger partial charge in [-0.15, -0.1) is 0 Å². The van der Waals surface area contributed by atoms with Gasteiger partial charge in [-0.25, -0.2) is 4.79 Å². The number of aromatic nitrogens is 2. The summed E-state index contributed by atoms with van der Waals surface area (Å²) in [5.74, 6) is 0.322. The second-order valence-electron chi connectivity index (χ2n) is 4.80. The van der Waals surface area contributed by atoms with Crippen molar-refractivity contribution < 1.29 is 19.4 Å². The Balaban J connectivity index is 2.02. The van der Waals surface area contributed by atoms with E-state index in [1.165, 1.54) is 17.0 Å². The molecule has 0 saturated carbocycles. The number of ether oxygens (including phenoxy) is 1. The van der Waals surface area contributed by atoms with Gasteiger partial charge in [0.05, 0.1) is 24.5 Å². The highest BCUT2D eigenvalue weighted by Gasteiger charge is 2.35. The molecule has 1 aliphatic heterocycles. The SMILES string of the molecule is O=c1[nH]c(=O)n([C@H]2CC(O)[C@@H](CO)O2)cc1-c1ccco1. The van der Waals surface area contributed by atoms with E-state index in [0.717, 1.165) is 0 Å². The predicted molar refractivity (Wildman–Crippen MR) is 70.6 cm³/mol. The summed E-state index contributed by atoms with van der Waals surface area (Å²) >= 11 is 0. The normalized spacial score (nSPS) is 25.3. The van der Waals surface area contributed by atoms with Gasteiger partial charge in [0.15, 0.2) is 0 Å². The second-order valence-corrected chi connectivity index (χ2v) is 4.80. The first kappa shape index (κ1) is 13.8. The molecule has 0 amide bonds. The minimum atomic E-state index is -0.870. The lowest BCUT2D eigenvalue weighted by Crippen LogP contribution is -2.33. The summed E-state index contributed by atoms with van der Waals surface area (Å²) in [7, 11) is 0. The van der Waals surface area contributed by atoms with E-state index in [9.17, 15) is 14.7 Å². The first-order chi connectivity index (χ1) is 10.1. The van der Waals surface area contributed by atoms with Gasteiger partial charge in [0.25, 0.3) is 5.56 Å². The third-order valence-electron chi connectivity index (χ3n) is 3.45. The van der Waals surface area contributed by atoms with Gasteiger partial charge in [0.1, 0.15) is 18.1 Å². The van der Waals surface area contributed by atoms with Crippen molar-refractivity contribution in [3.63, 3.8) is 0 Å². The number of furan rings is 1. The molecule has 2 aromatic rings. The summed E-state index contributed by atoms with van der Waals surface area (Å²) < 4.78 is 11.7. The Morgan fingerprint density at radius 2 is 2.24 bits per heavy atom. The molecule has 3 rings (SSSR count). The summed E-state index contributed by atoms with van der Waals surface area (Å²) in [6, 6.07) is 3.22. The quantitative estimate of drug-likeness (QED) is 0.698. The third-order valence-corrected chi connectivity index (χ3v) is 3.45. The number of hydrogen-bond acceptors (Lipinski definition) is 6. The van der Waals surface area contributed by atoms with Gasteiger partial charge in [0.2, 0.25) is 0 Å². The van der Waals surface area contributed by atoms with Crippen molar-refractivity contribution in [3.8, 4) is 11.3 Å². The van der Waals surface area contributed by atoms with E-state index in [2.05, 4.69) is 4.98 Å². The Morgan fingerprint density at radius 1 is 1.43 bits per heavy atom. The molecule has 8 nitrogen and oxygen atoms in total. The Labute approximate surface area is 118 Å². The van der Waals surface area contributed by atoms with Crippen molar-refractivity contribution in [1.82, 2.24) is 9.55 Å². The van der Waals surface area contributed by atoms with Crippen LogP contribution in [0.5, 0.6) is 0 Å². The Morgan fingerprint density at radius 3 is 2.86 bits per heavy atom. The monoisotopic (exact) mass is 294 g/mol. The van der Waals surface area contributed by atoms with E-state index < -0.39 is 29.7 Å². The molecule has 1 aliphatic rings. The fourth-order valence-electron chi connectivity index (χ4n) is 2.36. The van der Waals surface area contributed by atoms with Gasteiger partial charge in [-0.1, -0.05) is 0 Å². The lowest BCUT2D eigenvalue weighted by atomic mass is 10.2. The van der Waals surface area contributed by atoms with Crippen LogP contribution in [-0.2, 0) is 4.74 Å². The summed E-state index contributed by atoms with van der Waals surface area (Å²) in [4.78, 5) is 25.9. The maximum atomic E-state index is 11.9.